The van der Waals surface area contributed by atoms with Gasteiger partial charge in [-0.2, -0.15) is 0 Å². The van der Waals surface area contributed by atoms with E-state index in [4.69, 9.17) is 32.2 Å². The highest BCUT2D eigenvalue weighted by Gasteiger charge is 2.27. The number of carboxylic acids is 1. The fourth-order valence-electron chi connectivity index (χ4n) is 2.60. The van der Waals surface area contributed by atoms with Crippen molar-refractivity contribution in [2.75, 3.05) is 32.8 Å². The van der Waals surface area contributed by atoms with Gasteiger partial charge in [-0.15, -0.1) is 0 Å². The summed E-state index contributed by atoms with van der Waals surface area (Å²) < 4.78 is 4.86. The number of esters is 1. The molecule has 0 heterocycles. The molecule has 3 unspecified atom stereocenters. The highest BCUT2D eigenvalue weighted by atomic mass is 16.5. The number of aliphatic hydroxyl groups is 1. The van der Waals surface area contributed by atoms with E-state index in [0.717, 1.165) is 0 Å². The Kier molecular flexibility index (Phi) is 16.3. The first kappa shape index (κ1) is 33.0. The Morgan fingerprint density at radius 1 is 0.946 bits per heavy atom. The molecule has 17 nitrogen and oxygen atoms in total. The smallest absolute Gasteiger partial charge is 0.325 e. The maximum atomic E-state index is 12.5. The van der Waals surface area contributed by atoms with Gasteiger partial charge in [-0.3, -0.25) is 33.8 Å². The second kappa shape index (κ2) is 18.3. The SMILES string of the molecule is CCCOC(=O)CNC(=O)C(CCCN=C(N)N)NC(=O)CNC(=O)C(CC(=O)O)NC(=O)C(N)CO. The number of carbonyl (C=O) groups excluding carboxylic acids is 5. The molecule has 12 N–H and O–H groups in total. The van der Waals surface area contributed by atoms with Gasteiger partial charge in [-0.25, -0.2) is 0 Å². The molecule has 0 saturated heterocycles. The lowest BCUT2D eigenvalue weighted by Crippen LogP contribution is -2.55. The quantitative estimate of drug-likeness (QED) is 0.0347. The van der Waals surface area contributed by atoms with Crippen LogP contribution in [0, 0.1) is 0 Å². The second-order valence-electron chi connectivity index (χ2n) is 7.67. The number of rotatable bonds is 18. The number of nitrogens with zero attached hydrogens (tertiary/aromatic N) is 1. The highest BCUT2D eigenvalue weighted by Crippen LogP contribution is 2.00. The first-order valence-electron chi connectivity index (χ1n) is 11.4. The number of aliphatic imine (C=N–C) groups is 1. The highest BCUT2D eigenvalue weighted by molar-refractivity contribution is 5.95. The summed E-state index contributed by atoms with van der Waals surface area (Å²) in [6, 6.07) is -4.09. The zero-order valence-corrected chi connectivity index (χ0v) is 20.5. The molecule has 3 atom stereocenters. The molecule has 0 fully saturated rings. The summed E-state index contributed by atoms with van der Waals surface area (Å²) in [6.07, 6.45) is 0.130. The molecule has 0 radical (unpaired) electrons. The normalized spacial score (nSPS) is 12.7. The van der Waals surface area contributed by atoms with Gasteiger partial charge in [-0.05, 0) is 19.3 Å². The second-order valence-corrected chi connectivity index (χ2v) is 7.67. The molecule has 4 amide bonds. The van der Waals surface area contributed by atoms with E-state index < -0.39 is 79.8 Å². The van der Waals surface area contributed by atoms with Crippen LogP contribution in [-0.4, -0.2) is 103 Å². The van der Waals surface area contributed by atoms with Crippen LogP contribution in [0.2, 0.25) is 0 Å². The largest absolute Gasteiger partial charge is 0.481 e. The number of aliphatic hydroxyl groups excluding tert-OH is 1. The molecular formula is C20H36N8O9. The fourth-order valence-corrected chi connectivity index (χ4v) is 2.60. The lowest BCUT2D eigenvalue weighted by Gasteiger charge is -2.20. The lowest BCUT2D eigenvalue weighted by molar-refractivity contribution is -0.144. The first-order chi connectivity index (χ1) is 17.4. The number of amides is 4. The number of carboxylic acid groups (broad SMARTS) is 1. The van der Waals surface area contributed by atoms with Crippen LogP contribution >= 0.6 is 0 Å². The minimum Gasteiger partial charge on any atom is -0.481 e. The van der Waals surface area contributed by atoms with Crippen molar-refractivity contribution in [1.82, 2.24) is 21.3 Å². The summed E-state index contributed by atoms with van der Waals surface area (Å²) in [5.74, 6) is -5.75. The van der Waals surface area contributed by atoms with Crippen LogP contribution in [0.1, 0.15) is 32.6 Å². The summed E-state index contributed by atoms with van der Waals surface area (Å²) in [6.45, 7) is 0.300. The minimum absolute atomic E-state index is 0.0725. The van der Waals surface area contributed by atoms with E-state index in [1.54, 1.807) is 6.92 Å². The fraction of sp³-hybridized carbons (Fsp3) is 0.650. The summed E-state index contributed by atoms with van der Waals surface area (Å²) in [5.41, 5.74) is 15.8. The van der Waals surface area contributed by atoms with Gasteiger partial charge in [0.25, 0.3) is 0 Å². The van der Waals surface area contributed by atoms with Crippen LogP contribution in [0.5, 0.6) is 0 Å². The molecule has 0 aliphatic heterocycles. The number of ether oxygens (including phenoxy) is 1. The van der Waals surface area contributed by atoms with Crippen LogP contribution in [0.4, 0.5) is 0 Å². The van der Waals surface area contributed by atoms with E-state index in [0.29, 0.717) is 6.42 Å². The number of hydrogen-bond donors (Lipinski definition) is 9. The predicted molar refractivity (Wildman–Crippen MR) is 128 cm³/mol. The van der Waals surface area contributed by atoms with Gasteiger partial charge in [-0.1, -0.05) is 6.92 Å². The van der Waals surface area contributed by atoms with E-state index in [-0.39, 0.29) is 32.0 Å². The standard InChI is InChI=1S/C20H36N8O9/c1-2-6-37-16(33)9-26-18(35)12(4-3-5-24-20(22)23)27-14(30)8-25-19(36)13(7-15(31)32)28-17(34)11(21)10-29/h11-13,29H,2-10,21H2,1H3,(H,25,36)(H,26,35)(H,27,30)(H,28,34)(H,31,32)(H4,22,23,24). The molecule has 0 aliphatic carbocycles. The van der Waals surface area contributed by atoms with E-state index in [9.17, 15) is 28.8 Å². The van der Waals surface area contributed by atoms with Gasteiger partial charge in [0.2, 0.25) is 23.6 Å². The summed E-state index contributed by atoms with van der Waals surface area (Å²) in [4.78, 5) is 75.5. The van der Waals surface area contributed by atoms with E-state index in [2.05, 4.69) is 26.3 Å². The topological polar surface area (TPSA) is 291 Å². The van der Waals surface area contributed by atoms with Crippen LogP contribution in [0.3, 0.4) is 0 Å². The van der Waals surface area contributed by atoms with Crippen LogP contribution < -0.4 is 38.5 Å². The molecule has 0 saturated carbocycles. The van der Waals surface area contributed by atoms with Crippen molar-refractivity contribution in [1.29, 1.82) is 0 Å². The summed E-state index contributed by atoms with van der Waals surface area (Å²) in [7, 11) is 0. The van der Waals surface area contributed by atoms with Crippen molar-refractivity contribution in [3.8, 4) is 0 Å². The van der Waals surface area contributed by atoms with Gasteiger partial charge in [0, 0.05) is 6.54 Å². The van der Waals surface area contributed by atoms with Crippen LogP contribution in [-0.2, 0) is 33.5 Å². The predicted octanol–water partition coefficient (Wildman–Crippen LogP) is -5.01. The minimum atomic E-state index is -1.58. The van der Waals surface area contributed by atoms with Crippen LogP contribution in [0.15, 0.2) is 4.99 Å². The molecule has 0 aromatic heterocycles. The zero-order valence-electron chi connectivity index (χ0n) is 20.5. The molecule has 0 aromatic rings. The Labute approximate surface area is 212 Å². The van der Waals surface area contributed by atoms with Crippen molar-refractivity contribution >= 4 is 41.5 Å². The molecule has 0 aliphatic rings. The monoisotopic (exact) mass is 532 g/mol. The van der Waals surface area contributed by atoms with Gasteiger partial charge in [0.05, 0.1) is 26.2 Å². The maximum Gasteiger partial charge on any atom is 0.325 e. The summed E-state index contributed by atoms with van der Waals surface area (Å²) in [5, 5.41) is 26.9. The average molecular weight is 533 g/mol. The molecule has 0 spiro atoms. The van der Waals surface area contributed by atoms with E-state index >= 15 is 0 Å². The van der Waals surface area contributed by atoms with Crippen LogP contribution in [0.25, 0.3) is 0 Å². The molecule has 210 valence electrons. The molecular weight excluding hydrogens is 496 g/mol. The zero-order chi connectivity index (χ0) is 28.4. The Hall–Kier alpha value is -3.99. The van der Waals surface area contributed by atoms with Gasteiger partial charge in [0.15, 0.2) is 5.96 Å². The Morgan fingerprint density at radius 2 is 1.57 bits per heavy atom. The Morgan fingerprint density at radius 3 is 2.14 bits per heavy atom. The van der Waals surface area contributed by atoms with Gasteiger partial charge in [0.1, 0.15) is 24.7 Å². The molecule has 0 aromatic carbocycles. The van der Waals surface area contributed by atoms with E-state index in [1.165, 1.54) is 0 Å². The number of carbonyl (C=O) groups is 6. The summed E-state index contributed by atoms with van der Waals surface area (Å²) >= 11 is 0. The number of guanidine groups is 1. The third-order valence-corrected chi connectivity index (χ3v) is 4.44. The first-order valence-corrected chi connectivity index (χ1v) is 11.4. The van der Waals surface area contributed by atoms with Crippen molar-refractivity contribution in [3.05, 3.63) is 0 Å². The van der Waals surface area contributed by atoms with Crippen molar-refractivity contribution in [2.45, 2.75) is 50.7 Å². The number of nitrogens with one attached hydrogen (secondary N) is 4. The molecule has 0 bridgehead atoms. The van der Waals surface area contributed by atoms with Gasteiger partial charge >= 0.3 is 11.9 Å². The van der Waals surface area contributed by atoms with Gasteiger partial charge < -0.3 is 53.4 Å². The van der Waals surface area contributed by atoms with Crippen molar-refractivity contribution in [2.24, 2.45) is 22.2 Å². The van der Waals surface area contributed by atoms with E-state index in [1.807, 2.05) is 0 Å². The molecule has 0 rings (SSSR count). The maximum absolute atomic E-state index is 12.5. The van der Waals surface area contributed by atoms with Crippen molar-refractivity contribution < 1.29 is 43.7 Å². The Balaban J connectivity index is 5.10. The molecule has 37 heavy (non-hydrogen) atoms. The third-order valence-electron chi connectivity index (χ3n) is 4.44. The molecule has 17 heteroatoms. The number of nitrogens with two attached hydrogens (primary N) is 3. The average Bonchev–Trinajstić information content (AvgIpc) is 2.84. The lowest BCUT2D eigenvalue weighted by atomic mass is 10.1. The van der Waals surface area contributed by atoms with Crippen molar-refractivity contribution in [3.63, 3.8) is 0 Å². The number of hydrogen-bond acceptors (Lipinski definition) is 10. The number of aliphatic carboxylic acids is 1. The Bertz CT molecular complexity index is 833. The third kappa shape index (κ3) is 15.6.